The minimum atomic E-state index is 0.704. The largest absolute Gasteiger partial charge is 0.313 e. The molecule has 0 saturated carbocycles. The fourth-order valence-corrected chi connectivity index (χ4v) is 1.93. The number of halogens is 1. The van der Waals surface area contributed by atoms with E-state index in [1.807, 2.05) is 30.6 Å². The third-order valence-corrected chi connectivity index (χ3v) is 2.99. The molecular weight excluding hydrogens is 244 g/mol. The molecule has 2 rings (SSSR count). The van der Waals surface area contributed by atoms with Crippen molar-refractivity contribution < 1.29 is 0 Å². The minimum absolute atomic E-state index is 0.704. The smallest absolute Gasteiger partial charge is 0.0346 e. The van der Waals surface area contributed by atoms with Crippen molar-refractivity contribution in [3.8, 4) is 11.1 Å². The maximum absolute atomic E-state index is 5.64. The van der Waals surface area contributed by atoms with Crippen LogP contribution in [-0.2, 0) is 6.54 Å². The average molecular weight is 261 g/mol. The molecule has 0 fully saturated rings. The predicted molar refractivity (Wildman–Crippen MR) is 76.7 cm³/mol. The van der Waals surface area contributed by atoms with E-state index in [1.165, 1.54) is 11.1 Å². The van der Waals surface area contributed by atoms with E-state index in [0.29, 0.717) is 5.88 Å². The number of hydrogen-bond donors (Lipinski definition) is 1. The van der Waals surface area contributed by atoms with Crippen LogP contribution in [0.15, 0.2) is 48.8 Å². The molecule has 1 aromatic heterocycles. The van der Waals surface area contributed by atoms with Crippen LogP contribution >= 0.6 is 11.6 Å². The highest BCUT2D eigenvalue weighted by Gasteiger charge is 1.99. The first-order valence-corrected chi connectivity index (χ1v) is 6.69. The third-order valence-electron chi connectivity index (χ3n) is 2.72. The fourth-order valence-electron chi connectivity index (χ4n) is 1.80. The van der Waals surface area contributed by atoms with Crippen molar-refractivity contribution in [1.82, 2.24) is 10.3 Å². The van der Waals surface area contributed by atoms with Crippen molar-refractivity contribution in [2.75, 3.05) is 12.4 Å². The molecule has 18 heavy (non-hydrogen) atoms. The van der Waals surface area contributed by atoms with E-state index in [2.05, 4.69) is 28.5 Å². The van der Waals surface area contributed by atoms with E-state index < -0.39 is 0 Å². The molecule has 0 unspecified atom stereocenters. The Morgan fingerprint density at radius 1 is 1.06 bits per heavy atom. The Balaban J connectivity index is 2.02. The zero-order chi connectivity index (χ0) is 12.6. The van der Waals surface area contributed by atoms with E-state index in [9.17, 15) is 0 Å². The molecule has 0 radical (unpaired) electrons. The number of rotatable bonds is 6. The Bertz CT molecular complexity index is 471. The molecule has 0 aliphatic rings. The molecule has 94 valence electrons. The lowest BCUT2D eigenvalue weighted by Crippen LogP contribution is -2.15. The van der Waals surface area contributed by atoms with Crippen molar-refractivity contribution in [2.45, 2.75) is 13.0 Å². The number of benzene rings is 1. The Labute approximate surface area is 113 Å². The number of hydrogen-bond acceptors (Lipinski definition) is 2. The summed E-state index contributed by atoms with van der Waals surface area (Å²) in [6.07, 6.45) is 4.80. The summed E-state index contributed by atoms with van der Waals surface area (Å²) in [5.74, 6) is 0.704. The van der Waals surface area contributed by atoms with Gasteiger partial charge in [0.1, 0.15) is 0 Å². The van der Waals surface area contributed by atoms with E-state index >= 15 is 0 Å². The molecule has 0 spiro atoms. The second kappa shape index (κ2) is 7.14. The lowest BCUT2D eigenvalue weighted by molar-refractivity contribution is 0.676. The van der Waals surface area contributed by atoms with Crippen LogP contribution in [0.1, 0.15) is 12.0 Å². The maximum Gasteiger partial charge on any atom is 0.0346 e. The van der Waals surface area contributed by atoms with Gasteiger partial charge in [-0.3, -0.25) is 4.98 Å². The first kappa shape index (κ1) is 13.1. The highest BCUT2D eigenvalue weighted by molar-refractivity contribution is 6.17. The van der Waals surface area contributed by atoms with Gasteiger partial charge in [-0.2, -0.15) is 0 Å². The summed E-state index contributed by atoms with van der Waals surface area (Å²) in [6.45, 7) is 1.78. The second-order valence-electron chi connectivity index (χ2n) is 4.17. The van der Waals surface area contributed by atoms with E-state index in [0.717, 1.165) is 25.1 Å². The van der Waals surface area contributed by atoms with Crippen LogP contribution in [0.25, 0.3) is 11.1 Å². The van der Waals surface area contributed by atoms with Crippen LogP contribution in [0, 0.1) is 0 Å². The summed E-state index contributed by atoms with van der Waals surface area (Å²) in [6, 6.07) is 12.5. The van der Waals surface area contributed by atoms with Crippen molar-refractivity contribution in [3.63, 3.8) is 0 Å². The minimum Gasteiger partial charge on any atom is -0.313 e. The molecule has 1 heterocycles. The monoisotopic (exact) mass is 260 g/mol. The molecule has 0 bridgehead atoms. The van der Waals surface area contributed by atoms with Gasteiger partial charge in [0, 0.05) is 30.4 Å². The van der Waals surface area contributed by atoms with Crippen LogP contribution < -0.4 is 5.32 Å². The number of aromatic nitrogens is 1. The van der Waals surface area contributed by atoms with Gasteiger partial charge in [-0.15, -0.1) is 11.6 Å². The summed E-state index contributed by atoms with van der Waals surface area (Å²) in [5, 5.41) is 3.36. The first-order valence-electron chi connectivity index (χ1n) is 6.16. The number of alkyl halides is 1. The zero-order valence-corrected chi connectivity index (χ0v) is 11.0. The van der Waals surface area contributed by atoms with E-state index in [1.54, 1.807) is 0 Å². The molecule has 0 atom stereocenters. The van der Waals surface area contributed by atoms with Crippen LogP contribution in [0.3, 0.4) is 0 Å². The maximum atomic E-state index is 5.64. The molecule has 1 N–H and O–H groups in total. The van der Waals surface area contributed by atoms with Crippen molar-refractivity contribution in [2.24, 2.45) is 0 Å². The van der Waals surface area contributed by atoms with Crippen LogP contribution in [0.2, 0.25) is 0 Å². The number of pyridine rings is 1. The van der Waals surface area contributed by atoms with Gasteiger partial charge in [0.2, 0.25) is 0 Å². The lowest BCUT2D eigenvalue weighted by atomic mass is 10.1. The van der Waals surface area contributed by atoms with Crippen molar-refractivity contribution >= 4 is 11.6 Å². The number of nitrogens with zero attached hydrogens (tertiary/aromatic N) is 1. The fraction of sp³-hybridized carbons (Fsp3) is 0.267. The van der Waals surface area contributed by atoms with Gasteiger partial charge >= 0.3 is 0 Å². The Morgan fingerprint density at radius 2 is 1.89 bits per heavy atom. The quantitative estimate of drug-likeness (QED) is 0.636. The van der Waals surface area contributed by atoms with Gasteiger partial charge < -0.3 is 5.32 Å². The summed E-state index contributed by atoms with van der Waals surface area (Å²) >= 11 is 5.64. The summed E-state index contributed by atoms with van der Waals surface area (Å²) in [7, 11) is 0. The summed E-state index contributed by atoms with van der Waals surface area (Å²) in [4.78, 5) is 4.29. The molecule has 0 aliphatic carbocycles. The number of nitrogens with one attached hydrogen (secondary N) is 1. The van der Waals surface area contributed by atoms with Crippen LogP contribution in [0.4, 0.5) is 0 Å². The molecule has 0 amide bonds. The van der Waals surface area contributed by atoms with E-state index in [4.69, 9.17) is 11.6 Å². The van der Waals surface area contributed by atoms with Gasteiger partial charge in [-0.1, -0.05) is 30.3 Å². The Hall–Kier alpha value is -1.38. The second-order valence-corrected chi connectivity index (χ2v) is 4.55. The topological polar surface area (TPSA) is 24.9 Å². The Kier molecular flexibility index (Phi) is 5.18. The molecule has 0 saturated heterocycles. The van der Waals surface area contributed by atoms with Gasteiger partial charge in [-0.25, -0.2) is 0 Å². The molecule has 2 nitrogen and oxygen atoms in total. The molecule has 0 aliphatic heterocycles. The molecule has 3 heteroatoms. The van der Waals surface area contributed by atoms with Gasteiger partial charge in [0.15, 0.2) is 0 Å². The van der Waals surface area contributed by atoms with Gasteiger partial charge in [0.05, 0.1) is 0 Å². The highest BCUT2D eigenvalue weighted by Crippen LogP contribution is 2.18. The first-order chi connectivity index (χ1) is 8.90. The van der Waals surface area contributed by atoms with Crippen LogP contribution in [0.5, 0.6) is 0 Å². The van der Waals surface area contributed by atoms with Crippen molar-refractivity contribution in [3.05, 3.63) is 54.4 Å². The summed E-state index contributed by atoms with van der Waals surface area (Å²) in [5.41, 5.74) is 3.56. The Morgan fingerprint density at radius 3 is 2.67 bits per heavy atom. The molecular formula is C15H17ClN2. The normalized spacial score (nSPS) is 10.5. The summed E-state index contributed by atoms with van der Waals surface area (Å²) < 4.78 is 0. The zero-order valence-electron chi connectivity index (χ0n) is 10.3. The van der Waals surface area contributed by atoms with Crippen LogP contribution in [-0.4, -0.2) is 17.4 Å². The van der Waals surface area contributed by atoms with Gasteiger partial charge in [0.25, 0.3) is 0 Å². The lowest BCUT2D eigenvalue weighted by Gasteiger charge is -2.06. The average Bonchev–Trinajstić information content (AvgIpc) is 2.45. The molecule has 1 aromatic carbocycles. The van der Waals surface area contributed by atoms with Crippen molar-refractivity contribution in [1.29, 1.82) is 0 Å². The highest BCUT2D eigenvalue weighted by atomic mass is 35.5. The predicted octanol–water partition coefficient (Wildman–Crippen LogP) is 3.47. The molecule has 2 aromatic rings. The third kappa shape index (κ3) is 3.83. The standard InChI is InChI=1S/C15H17ClN2/c16-7-4-8-17-10-13-9-15(12-18-11-13)14-5-2-1-3-6-14/h1-3,5-6,9,11-12,17H,4,7-8,10H2. The van der Waals surface area contributed by atoms with Gasteiger partial charge in [-0.05, 0) is 30.2 Å². The SMILES string of the molecule is ClCCCNCc1cncc(-c2ccccc2)c1. The van der Waals surface area contributed by atoms with E-state index in [-0.39, 0.29) is 0 Å².